The van der Waals surface area contributed by atoms with Gasteiger partial charge in [-0.1, -0.05) is 17.7 Å². The van der Waals surface area contributed by atoms with Gasteiger partial charge < -0.3 is 10.3 Å². The van der Waals surface area contributed by atoms with Gasteiger partial charge in [0.25, 0.3) is 5.91 Å². The molecule has 2 aliphatic heterocycles. The number of carbonyl (C=O) groups excluding carboxylic acids is 1. The Morgan fingerprint density at radius 2 is 2.00 bits per heavy atom. The predicted molar refractivity (Wildman–Crippen MR) is 101 cm³/mol. The van der Waals surface area contributed by atoms with Crippen molar-refractivity contribution >= 4 is 23.3 Å². The van der Waals surface area contributed by atoms with E-state index < -0.39 is 34.5 Å². The smallest absolute Gasteiger partial charge is 0.306 e. The second-order valence-electron chi connectivity index (χ2n) is 6.55. The van der Waals surface area contributed by atoms with E-state index in [1.807, 2.05) is 0 Å². The van der Waals surface area contributed by atoms with Gasteiger partial charge >= 0.3 is 6.18 Å². The Morgan fingerprint density at radius 3 is 2.70 bits per heavy atom. The minimum atomic E-state index is -4.68. The molecule has 0 aliphatic carbocycles. The summed E-state index contributed by atoms with van der Waals surface area (Å²) in [6.45, 7) is 1.67. The molecule has 0 fully saturated rings. The summed E-state index contributed by atoms with van der Waals surface area (Å²) in [5, 5.41) is 0.710. The Kier molecular flexibility index (Phi) is 4.91. The van der Waals surface area contributed by atoms with Crippen LogP contribution in [0.25, 0.3) is 0 Å². The summed E-state index contributed by atoms with van der Waals surface area (Å²) < 4.78 is 53.5. The number of nitrogens with one attached hydrogen (secondary N) is 2. The minimum Gasteiger partial charge on any atom is -0.306 e. The molecule has 1 amide bonds. The quantitative estimate of drug-likeness (QED) is 0.693. The van der Waals surface area contributed by atoms with Gasteiger partial charge in [-0.2, -0.15) is 13.2 Å². The van der Waals surface area contributed by atoms with Crippen molar-refractivity contribution in [2.24, 2.45) is 0 Å². The van der Waals surface area contributed by atoms with E-state index >= 15 is 0 Å². The molecule has 2 aliphatic rings. The van der Waals surface area contributed by atoms with Gasteiger partial charge in [0.2, 0.25) is 0 Å². The van der Waals surface area contributed by atoms with E-state index in [0.717, 1.165) is 12.1 Å². The highest BCUT2D eigenvalue weighted by Gasteiger charge is 2.38. The van der Waals surface area contributed by atoms with Gasteiger partial charge in [0.05, 0.1) is 33.6 Å². The van der Waals surface area contributed by atoms with Gasteiger partial charge in [-0.3, -0.25) is 4.79 Å². The van der Waals surface area contributed by atoms with E-state index in [1.54, 1.807) is 6.92 Å². The van der Waals surface area contributed by atoms with E-state index in [9.17, 15) is 22.4 Å². The van der Waals surface area contributed by atoms with Crippen LogP contribution in [0.4, 0.5) is 23.4 Å². The number of hydrogen-bond donors (Lipinski definition) is 2. The number of alkyl halides is 3. The van der Waals surface area contributed by atoms with E-state index in [-0.39, 0.29) is 11.4 Å². The van der Waals surface area contributed by atoms with Crippen molar-refractivity contribution < 1.29 is 22.4 Å². The number of carbonyl (C=O) groups is 1. The molecule has 0 bridgehead atoms. The van der Waals surface area contributed by atoms with Crippen LogP contribution in [-0.4, -0.2) is 21.8 Å². The molecule has 3 heterocycles. The SMILES string of the molecule is CC1C2=C(C=CN1C(=O)c1cccc(C(F)(F)F)c1Cl)N(c1ncccc1F)NN2. The van der Waals surface area contributed by atoms with Gasteiger partial charge in [0, 0.05) is 12.4 Å². The molecule has 0 saturated heterocycles. The van der Waals surface area contributed by atoms with Crippen molar-refractivity contribution in [3.8, 4) is 0 Å². The molecule has 2 aromatic rings. The molecule has 4 rings (SSSR count). The molecule has 11 heteroatoms. The first-order valence-corrected chi connectivity index (χ1v) is 9.11. The number of benzene rings is 1. The normalized spacial score (nSPS) is 18.5. The Labute approximate surface area is 173 Å². The maximum absolute atomic E-state index is 14.1. The van der Waals surface area contributed by atoms with Crippen LogP contribution in [0.5, 0.6) is 0 Å². The molecule has 0 spiro atoms. The number of anilines is 1. The maximum Gasteiger partial charge on any atom is 0.417 e. The molecule has 0 radical (unpaired) electrons. The molecule has 1 aromatic heterocycles. The molecular weight excluding hydrogens is 426 g/mol. The first-order valence-electron chi connectivity index (χ1n) is 8.73. The summed E-state index contributed by atoms with van der Waals surface area (Å²) >= 11 is 5.90. The minimum absolute atomic E-state index is 0.0209. The Balaban J connectivity index is 1.65. The maximum atomic E-state index is 14.1. The predicted octanol–water partition coefficient (Wildman–Crippen LogP) is 3.99. The van der Waals surface area contributed by atoms with Gasteiger partial charge in [0.15, 0.2) is 11.6 Å². The zero-order valence-corrected chi connectivity index (χ0v) is 16.1. The largest absolute Gasteiger partial charge is 0.417 e. The van der Waals surface area contributed by atoms with Gasteiger partial charge in [-0.25, -0.2) is 14.4 Å². The third-order valence-electron chi connectivity index (χ3n) is 4.77. The van der Waals surface area contributed by atoms with Crippen molar-refractivity contribution in [2.45, 2.75) is 19.1 Å². The number of nitrogens with zero attached hydrogens (tertiary/aromatic N) is 3. The van der Waals surface area contributed by atoms with E-state index in [2.05, 4.69) is 15.9 Å². The van der Waals surface area contributed by atoms with Crippen LogP contribution < -0.4 is 16.0 Å². The van der Waals surface area contributed by atoms with E-state index in [1.165, 1.54) is 46.6 Å². The van der Waals surface area contributed by atoms with Crippen molar-refractivity contribution in [3.05, 3.63) is 82.2 Å². The molecule has 0 saturated carbocycles. The molecule has 30 heavy (non-hydrogen) atoms. The number of halogens is 5. The summed E-state index contributed by atoms with van der Waals surface area (Å²) in [6, 6.07) is 5.29. The zero-order valence-electron chi connectivity index (χ0n) is 15.3. The summed E-state index contributed by atoms with van der Waals surface area (Å²) in [7, 11) is 0. The lowest BCUT2D eigenvalue weighted by molar-refractivity contribution is -0.137. The number of amides is 1. The average Bonchev–Trinajstić information content (AvgIpc) is 3.12. The first kappa shape index (κ1) is 20.2. The fourth-order valence-electron chi connectivity index (χ4n) is 3.27. The fourth-order valence-corrected chi connectivity index (χ4v) is 3.58. The molecule has 1 unspecified atom stereocenters. The fraction of sp³-hybridized carbons (Fsp3) is 0.158. The third-order valence-corrected chi connectivity index (χ3v) is 5.17. The van der Waals surface area contributed by atoms with Gasteiger partial charge in [-0.05, 0) is 37.3 Å². The van der Waals surface area contributed by atoms with Crippen molar-refractivity contribution in [2.75, 3.05) is 5.01 Å². The summed E-state index contributed by atoms with van der Waals surface area (Å²) in [5.74, 6) is -1.24. The van der Waals surface area contributed by atoms with Crippen LogP contribution >= 0.6 is 11.6 Å². The summed E-state index contributed by atoms with van der Waals surface area (Å²) in [6.07, 6.45) is -0.322. The Morgan fingerprint density at radius 1 is 1.23 bits per heavy atom. The van der Waals surface area contributed by atoms with Crippen molar-refractivity contribution in [1.29, 1.82) is 0 Å². The first-order chi connectivity index (χ1) is 14.2. The summed E-state index contributed by atoms with van der Waals surface area (Å²) in [5.41, 5.74) is 5.30. The van der Waals surface area contributed by atoms with Crippen LogP contribution in [0.1, 0.15) is 22.8 Å². The standard InChI is InChI=1S/C19H14ClF4N5O/c1-10-16-14(29(27-26-16)17-13(21)6-3-8-25-17)7-9-28(10)18(30)11-4-2-5-12(15(11)20)19(22,23)24/h2-10,26-27H,1H3. The van der Waals surface area contributed by atoms with Crippen LogP contribution in [0.3, 0.4) is 0 Å². The van der Waals surface area contributed by atoms with Crippen molar-refractivity contribution in [3.63, 3.8) is 0 Å². The topological polar surface area (TPSA) is 60.5 Å². The van der Waals surface area contributed by atoms with Crippen molar-refractivity contribution in [1.82, 2.24) is 20.8 Å². The zero-order chi connectivity index (χ0) is 21.6. The summed E-state index contributed by atoms with van der Waals surface area (Å²) in [4.78, 5) is 18.2. The van der Waals surface area contributed by atoms with Crippen LogP contribution in [0, 0.1) is 5.82 Å². The molecule has 156 valence electrons. The highest BCUT2D eigenvalue weighted by molar-refractivity contribution is 6.34. The van der Waals surface area contributed by atoms with E-state index in [0.29, 0.717) is 11.4 Å². The number of aromatic nitrogens is 1. The number of hydrogen-bond acceptors (Lipinski definition) is 5. The highest BCUT2D eigenvalue weighted by Crippen LogP contribution is 2.37. The second kappa shape index (κ2) is 7.29. The molecule has 1 aromatic carbocycles. The number of pyridine rings is 1. The molecular formula is C19H14ClF4N5O. The highest BCUT2D eigenvalue weighted by atomic mass is 35.5. The molecule has 6 nitrogen and oxygen atoms in total. The van der Waals surface area contributed by atoms with E-state index in [4.69, 9.17) is 11.6 Å². The lowest BCUT2D eigenvalue weighted by atomic mass is 10.0. The van der Waals surface area contributed by atoms with Crippen LogP contribution in [0.2, 0.25) is 5.02 Å². The third kappa shape index (κ3) is 3.27. The molecule has 2 N–H and O–H groups in total. The number of allylic oxidation sites excluding steroid dienone is 1. The lowest BCUT2D eigenvalue weighted by Gasteiger charge is -2.30. The second-order valence-corrected chi connectivity index (χ2v) is 6.93. The lowest BCUT2D eigenvalue weighted by Crippen LogP contribution is -2.42. The van der Waals surface area contributed by atoms with Gasteiger partial charge in [-0.15, -0.1) is 5.53 Å². The van der Waals surface area contributed by atoms with Crippen LogP contribution in [-0.2, 0) is 6.18 Å². The van der Waals surface area contributed by atoms with Gasteiger partial charge in [0.1, 0.15) is 0 Å². The number of hydrazine groups is 2. The molecule has 1 atom stereocenters. The monoisotopic (exact) mass is 439 g/mol. The van der Waals surface area contributed by atoms with Crippen LogP contribution in [0.15, 0.2) is 60.2 Å². The number of rotatable bonds is 2. The Bertz CT molecular complexity index is 1080. The Hall–Kier alpha value is -3.11. The average molecular weight is 440 g/mol.